The molecule has 0 saturated carbocycles. The first-order valence-electron chi connectivity index (χ1n) is 6.34. The first kappa shape index (κ1) is 12.7. The van der Waals surface area contributed by atoms with E-state index >= 15 is 0 Å². The maximum Gasteiger partial charge on any atom is 0.309 e. The van der Waals surface area contributed by atoms with Gasteiger partial charge in [-0.05, 0) is 25.8 Å². The van der Waals surface area contributed by atoms with Gasteiger partial charge in [-0.3, -0.25) is 4.79 Å². The van der Waals surface area contributed by atoms with Crippen molar-refractivity contribution in [1.82, 2.24) is 4.98 Å². The molecule has 5 heteroatoms. The number of ether oxygens (including phenoxy) is 1. The van der Waals surface area contributed by atoms with E-state index < -0.39 is 0 Å². The molecule has 98 valence electrons. The smallest absolute Gasteiger partial charge is 0.309 e. The Morgan fingerprint density at radius 3 is 2.89 bits per heavy atom. The number of hydrogen-bond acceptors (Lipinski definition) is 5. The molecule has 0 spiro atoms. The molecular formula is C13H19N3O2. The van der Waals surface area contributed by atoms with E-state index in [1.54, 1.807) is 12.3 Å². The zero-order valence-electron chi connectivity index (χ0n) is 10.6. The van der Waals surface area contributed by atoms with Gasteiger partial charge < -0.3 is 15.4 Å². The molecule has 2 N–H and O–H groups in total. The molecule has 2 rings (SSSR count). The van der Waals surface area contributed by atoms with Crippen LogP contribution in [0.15, 0.2) is 18.3 Å². The van der Waals surface area contributed by atoms with Crippen LogP contribution in [-0.2, 0) is 9.53 Å². The van der Waals surface area contributed by atoms with Gasteiger partial charge in [-0.1, -0.05) is 0 Å². The molecule has 2 heterocycles. The lowest BCUT2D eigenvalue weighted by molar-refractivity contribution is -0.148. The van der Waals surface area contributed by atoms with Crippen molar-refractivity contribution >= 4 is 17.5 Å². The zero-order valence-corrected chi connectivity index (χ0v) is 10.6. The monoisotopic (exact) mass is 249 g/mol. The lowest BCUT2D eigenvalue weighted by atomic mass is 9.97. The minimum Gasteiger partial charge on any atom is -0.466 e. The third-order valence-electron chi connectivity index (χ3n) is 3.21. The third kappa shape index (κ3) is 2.91. The SMILES string of the molecule is CCOC(=O)C1CCN(c2cc(N)ccn2)CC1. The highest BCUT2D eigenvalue weighted by Gasteiger charge is 2.26. The predicted molar refractivity (Wildman–Crippen MR) is 70.2 cm³/mol. The van der Waals surface area contributed by atoms with E-state index in [0.717, 1.165) is 31.7 Å². The summed E-state index contributed by atoms with van der Waals surface area (Å²) in [5.41, 5.74) is 6.45. The van der Waals surface area contributed by atoms with Crippen LogP contribution in [0.2, 0.25) is 0 Å². The average molecular weight is 249 g/mol. The number of nitrogen functional groups attached to an aromatic ring is 1. The van der Waals surface area contributed by atoms with Crippen molar-refractivity contribution < 1.29 is 9.53 Å². The normalized spacial score (nSPS) is 16.6. The molecule has 0 bridgehead atoms. The van der Waals surface area contributed by atoms with Gasteiger partial charge in [0.1, 0.15) is 5.82 Å². The van der Waals surface area contributed by atoms with Gasteiger partial charge in [-0.2, -0.15) is 0 Å². The fourth-order valence-corrected chi connectivity index (χ4v) is 2.21. The van der Waals surface area contributed by atoms with E-state index in [9.17, 15) is 4.79 Å². The number of carbonyl (C=O) groups is 1. The van der Waals surface area contributed by atoms with Gasteiger partial charge in [0.05, 0.1) is 12.5 Å². The highest BCUT2D eigenvalue weighted by molar-refractivity contribution is 5.72. The molecule has 0 aromatic carbocycles. The molecule has 18 heavy (non-hydrogen) atoms. The molecule has 0 atom stereocenters. The number of carbonyl (C=O) groups excluding carboxylic acids is 1. The molecule has 0 amide bonds. The molecule has 1 saturated heterocycles. The van der Waals surface area contributed by atoms with Gasteiger partial charge in [0.2, 0.25) is 0 Å². The first-order valence-corrected chi connectivity index (χ1v) is 6.34. The van der Waals surface area contributed by atoms with Gasteiger partial charge in [0, 0.05) is 31.0 Å². The number of rotatable bonds is 3. The van der Waals surface area contributed by atoms with E-state index in [0.29, 0.717) is 12.3 Å². The number of esters is 1. The van der Waals surface area contributed by atoms with Crippen molar-refractivity contribution in [3.8, 4) is 0 Å². The molecule has 1 aromatic rings. The molecule has 0 aliphatic carbocycles. The Morgan fingerprint density at radius 1 is 1.56 bits per heavy atom. The van der Waals surface area contributed by atoms with Gasteiger partial charge in [-0.15, -0.1) is 0 Å². The van der Waals surface area contributed by atoms with Crippen molar-refractivity contribution in [2.45, 2.75) is 19.8 Å². The molecular weight excluding hydrogens is 230 g/mol. The van der Waals surface area contributed by atoms with Crippen LogP contribution in [0.25, 0.3) is 0 Å². The van der Waals surface area contributed by atoms with Crippen LogP contribution in [-0.4, -0.2) is 30.6 Å². The fourth-order valence-electron chi connectivity index (χ4n) is 2.21. The van der Waals surface area contributed by atoms with Crippen LogP contribution in [0.1, 0.15) is 19.8 Å². The van der Waals surface area contributed by atoms with Gasteiger partial charge in [-0.25, -0.2) is 4.98 Å². The van der Waals surface area contributed by atoms with E-state index in [-0.39, 0.29) is 11.9 Å². The Balaban J connectivity index is 1.92. The Morgan fingerprint density at radius 2 is 2.28 bits per heavy atom. The quantitative estimate of drug-likeness (QED) is 0.821. The van der Waals surface area contributed by atoms with Crippen molar-refractivity contribution in [3.63, 3.8) is 0 Å². The van der Waals surface area contributed by atoms with Crippen LogP contribution in [0.3, 0.4) is 0 Å². The van der Waals surface area contributed by atoms with Crippen LogP contribution in [0, 0.1) is 5.92 Å². The number of anilines is 2. The lowest BCUT2D eigenvalue weighted by Crippen LogP contribution is -2.37. The molecule has 5 nitrogen and oxygen atoms in total. The van der Waals surface area contributed by atoms with Gasteiger partial charge in [0.15, 0.2) is 0 Å². The zero-order chi connectivity index (χ0) is 13.0. The topological polar surface area (TPSA) is 68.5 Å². The second kappa shape index (κ2) is 5.71. The van der Waals surface area contributed by atoms with Crippen LogP contribution in [0.5, 0.6) is 0 Å². The molecule has 0 unspecified atom stereocenters. The summed E-state index contributed by atoms with van der Waals surface area (Å²) in [5.74, 6) is 0.845. The van der Waals surface area contributed by atoms with Crippen molar-refractivity contribution in [2.75, 3.05) is 30.3 Å². The Hall–Kier alpha value is -1.78. The predicted octanol–water partition coefficient (Wildman–Crippen LogP) is 1.44. The average Bonchev–Trinajstić information content (AvgIpc) is 2.39. The maximum absolute atomic E-state index is 11.6. The summed E-state index contributed by atoms with van der Waals surface area (Å²) in [6.45, 7) is 3.93. The summed E-state index contributed by atoms with van der Waals surface area (Å²) < 4.78 is 5.05. The number of nitrogens with two attached hydrogens (primary N) is 1. The number of aromatic nitrogens is 1. The molecule has 1 aliphatic rings. The number of nitrogens with zero attached hydrogens (tertiary/aromatic N) is 2. The third-order valence-corrected chi connectivity index (χ3v) is 3.21. The Bertz CT molecular complexity index is 414. The summed E-state index contributed by atoms with van der Waals surface area (Å²) in [5, 5.41) is 0. The number of hydrogen-bond donors (Lipinski definition) is 1. The minimum absolute atomic E-state index is 0.0299. The lowest BCUT2D eigenvalue weighted by Gasteiger charge is -2.31. The van der Waals surface area contributed by atoms with E-state index in [1.165, 1.54) is 0 Å². The summed E-state index contributed by atoms with van der Waals surface area (Å²) in [6.07, 6.45) is 3.34. The van der Waals surface area contributed by atoms with E-state index in [2.05, 4.69) is 9.88 Å². The number of pyridine rings is 1. The van der Waals surface area contributed by atoms with E-state index in [4.69, 9.17) is 10.5 Å². The molecule has 0 radical (unpaired) electrons. The summed E-state index contributed by atoms with van der Waals surface area (Å²) in [4.78, 5) is 18.1. The van der Waals surface area contributed by atoms with Crippen molar-refractivity contribution in [1.29, 1.82) is 0 Å². The minimum atomic E-state index is -0.0716. The summed E-state index contributed by atoms with van der Waals surface area (Å²) in [6, 6.07) is 3.64. The highest BCUT2D eigenvalue weighted by Crippen LogP contribution is 2.23. The molecule has 1 aromatic heterocycles. The van der Waals surface area contributed by atoms with Gasteiger partial charge >= 0.3 is 5.97 Å². The second-order valence-electron chi connectivity index (χ2n) is 4.46. The van der Waals surface area contributed by atoms with Crippen LogP contribution >= 0.6 is 0 Å². The molecule has 1 aliphatic heterocycles. The van der Waals surface area contributed by atoms with E-state index in [1.807, 2.05) is 13.0 Å². The fraction of sp³-hybridized carbons (Fsp3) is 0.538. The summed E-state index contributed by atoms with van der Waals surface area (Å²) >= 11 is 0. The largest absolute Gasteiger partial charge is 0.466 e. The van der Waals surface area contributed by atoms with Crippen molar-refractivity contribution in [2.24, 2.45) is 5.92 Å². The standard InChI is InChI=1S/C13H19N3O2/c1-2-18-13(17)10-4-7-16(8-5-10)12-9-11(14)3-6-15-12/h3,6,9-10H,2,4-5,7-8H2,1H3,(H2,14,15). The second-order valence-corrected chi connectivity index (χ2v) is 4.46. The van der Waals surface area contributed by atoms with Gasteiger partial charge in [0.25, 0.3) is 0 Å². The van der Waals surface area contributed by atoms with Crippen LogP contribution < -0.4 is 10.6 Å². The first-order chi connectivity index (χ1) is 8.70. The highest BCUT2D eigenvalue weighted by atomic mass is 16.5. The molecule has 1 fully saturated rings. The number of piperidine rings is 1. The van der Waals surface area contributed by atoms with Crippen molar-refractivity contribution in [3.05, 3.63) is 18.3 Å². The Kier molecular flexibility index (Phi) is 4.02. The Labute approximate surface area is 107 Å². The maximum atomic E-state index is 11.6. The van der Waals surface area contributed by atoms with Crippen LogP contribution in [0.4, 0.5) is 11.5 Å². The summed E-state index contributed by atoms with van der Waals surface area (Å²) in [7, 11) is 0.